The fraction of sp³-hybridized carbons (Fsp3) is 0.562. The van der Waals surface area contributed by atoms with Gasteiger partial charge in [-0.3, -0.25) is 9.69 Å². The molecule has 20 heavy (non-hydrogen) atoms. The van der Waals surface area contributed by atoms with E-state index >= 15 is 0 Å². The predicted molar refractivity (Wildman–Crippen MR) is 74.7 cm³/mol. The van der Waals surface area contributed by atoms with Crippen molar-refractivity contribution >= 4 is 5.78 Å². The molecule has 1 aliphatic rings. The van der Waals surface area contributed by atoms with Crippen molar-refractivity contribution in [3.63, 3.8) is 0 Å². The standard InChI is InChI=1S/C16H21F2NO/c1-11(19(2)10-12-5-3-4-6-12)16(20)14-8-7-13(17)9-15(14)18/h7-9,11-12H,3-6,10H2,1-2H3. The molecule has 0 spiro atoms. The molecule has 0 aliphatic heterocycles. The lowest BCUT2D eigenvalue weighted by Crippen LogP contribution is -2.39. The summed E-state index contributed by atoms with van der Waals surface area (Å²) in [6.07, 6.45) is 4.92. The first-order valence-electron chi connectivity index (χ1n) is 7.18. The second-order valence-corrected chi connectivity index (χ2v) is 5.75. The van der Waals surface area contributed by atoms with Gasteiger partial charge in [0.1, 0.15) is 11.6 Å². The van der Waals surface area contributed by atoms with Gasteiger partial charge in [-0.05, 0) is 44.9 Å². The normalized spacial score (nSPS) is 17.6. The van der Waals surface area contributed by atoms with Crippen molar-refractivity contribution in [2.24, 2.45) is 5.92 Å². The largest absolute Gasteiger partial charge is 0.296 e. The topological polar surface area (TPSA) is 20.3 Å². The number of nitrogens with zero attached hydrogens (tertiary/aromatic N) is 1. The molecule has 1 unspecified atom stereocenters. The predicted octanol–water partition coefficient (Wildman–Crippen LogP) is 3.66. The highest BCUT2D eigenvalue weighted by molar-refractivity contribution is 6.00. The first-order valence-corrected chi connectivity index (χ1v) is 7.18. The molecule has 110 valence electrons. The molecule has 1 aliphatic carbocycles. The van der Waals surface area contributed by atoms with Crippen LogP contribution in [0.1, 0.15) is 43.0 Å². The van der Waals surface area contributed by atoms with Gasteiger partial charge in [-0.25, -0.2) is 8.78 Å². The van der Waals surface area contributed by atoms with Crippen LogP contribution in [0, 0.1) is 17.6 Å². The Morgan fingerprint density at radius 2 is 2.00 bits per heavy atom. The number of ketones is 1. The van der Waals surface area contributed by atoms with Crippen LogP contribution in [0.3, 0.4) is 0 Å². The molecule has 4 heteroatoms. The number of benzene rings is 1. The number of rotatable bonds is 5. The zero-order valence-corrected chi connectivity index (χ0v) is 12.0. The lowest BCUT2D eigenvalue weighted by molar-refractivity contribution is 0.0848. The summed E-state index contributed by atoms with van der Waals surface area (Å²) in [5.74, 6) is -1.10. The SMILES string of the molecule is CC(C(=O)c1ccc(F)cc1F)N(C)CC1CCCC1. The van der Waals surface area contributed by atoms with E-state index in [1.54, 1.807) is 6.92 Å². The van der Waals surface area contributed by atoms with Crippen molar-refractivity contribution in [1.82, 2.24) is 4.90 Å². The van der Waals surface area contributed by atoms with E-state index in [2.05, 4.69) is 0 Å². The third-order valence-corrected chi connectivity index (χ3v) is 4.26. The smallest absolute Gasteiger partial charge is 0.182 e. The van der Waals surface area contributed by atoms with Gasteiger partial charge in [0, 0.05) is 12.6 Å². The van der Waals surface area contributed by atoms with Crippen LogP contribution in [0.15, 0.2) is 18.2 Å². The summed E-state index contributed by atoms with van der Waals surface area (Å²) in [6.45, 7) is 2.63. The van der Waals surface area contributed by atoms with Crippen LogP contribution in [0.25, 0.3) is 0 Å². The zero-order valence-electron chi connectivity index (χ0n) is 12.0. The average Bonchev–Trinajstić information content (AvgIpc) is 2.90. The summed E-state index contributed by atoms with van der Waals surface area (Å²) >= 11 is 0. The van der Waals surface area contributed by atoms with Crippen LogP contribution in [0.4, 0.5) is 8.78 Å². The molecule has 0 N–H and O–H groups in total. The molecule has 1 fully saturated rings. The molecule has 2 nitrogen and oxygen atoms in total. The average molecular weight is 281 g/mol. The van der Waals surface area contributed by atoms with Gasteiger partial charge < -0.3 is 0 Å². The van der Waals surface area contributed by atoms with E-state index in [1.807, 2.05) is 11.9 Å². The van der Waals surface area contributed by atoms with E-state index in [-0.39, 0.29) is 11.3 Å². The summed E-state index contributed by atoms with van der Waals surface area (Å²) in [5.41, 5.74) is -0.0304. The van der Waals surface area contributed by atoms with Crippen LogP contribution in [-0.4, -0.2) is 30.3 Å². The summed E-state index contributed by atoms with van der Waals surface area (Å²) in [5, 5.41) is 0. The van der Waals surface area contributed by atoms with Crippen LogP contribution in [-0.2, 0) is 0 Å². The second-order valence-electron chi connectivity index (χ2n) is 5.75. The van der Waals surface area contributed by atoms with Crippen molar-refractivity contribution < 1.29 is 13.6 Å². The monoisotopic (exact) mass is 281 g/mol. The quantitative estimate of drug-likeness (QED) is 0.768. The van der Waals surface area contributed by atoms with E-state index in [1.165, 1.54) is 31.7 Å². The Morgan fingerprint density at radius 1 is 1.35 bits per heavy atom. The lowest BCUT2D eigenvalue weighted by atomic mass is 10.0. The molecule has 2 rings (SSSR count). The van der Waals surface area contributed by atoms with Crippen molar-refractivity contribution in [3.8, 4) is 0 Å². The summed E-state index contributed by atoms with van der Waals surface area (Å²) in [4.78, 5) is 14.3. The molecule has 1 aromatic rings. The molecule has 1 aromatic carbocycles. The van der Waals surface area contributed by atoms with Gasteiger partial charge in [0.2, 0.25) is 0 Å². The Kier molecular flexibility index (Phi) is 4.86. The van der Waals surface area contributed by atoms with Crippen LogP contribution in [0.5, 0.6) is 0 Å². The van der Waals surface area contributed by atoms with E-state index in [0.29, 0.717) is 5.92 Å². The van der Waals surface area contributed by atoms with E-state index in [4.69, 9.17) is 0 Å². The molecule has 1 saturated carbocycles. The maximum absolute atomic E-state index is 13.7. The first kappa shape index (κ1) is 15.1. The molecule has 0 bridgehead atoms. The number of halogens is 2. The number of hydrogen-bond acceptors (Lipinski definition) is 2. The maximum Gasteiger partial charge on any atom is 0.182 e. The van der Waals surface area contributed by atoms with Crippen molar-refractivity contribution in [2.45, 2.75) is 38.6 Å². The summed E-state index contributed by atoms with van der Waals surface area (Å²) < 4.78 is 26.5. The highest BCUT2D eigenvalue weighted by atomic mass is 19.1. The molecule has 1 atom stereocenters. The summed E-state index contributed by atoms with van der Waals surface area (Å²) in [7, 11) is 1.89. The van der Waals surface area contributed by atoms with Crippen LogP contribution in [0.2, 0.25) is 0 Å². The van der Waals surface area contributed by atoms with Gasteiger partial charge >= 0.3 is 0 Å². The lowest BCUT2D eigenvalue weighted by Gasteiger charge is -2.26. The molecule has 0 saturated heterocycles. The molecule has 0 radical (unpaired) electrons. The fourth-order valence-corrected chi connectivity index (χ4v) is 2.87. The number of Topliss-reactive ketones (excluding diaryl/α,β-unsaturated/α-hetero) is 1. The Hall–Kier alpha value is -1.29. The minimum Gasteiger partial charge on any atom is -0.296 e. The van der Waals surface area contributed by atoms with E-state index < -0.39 is 17.7 Å². The van der Waals surface area contributed by atoms with E-state index in [9.17, 15) is 13.6 Å². The molecule has 0 aromatic heterocycles. The Labute approximate surface area is 118 Å². The highest BCUT2D eigenvalue weighted by Gasteiger charge is 2.25. The van der Waals surface area contributed by atoms with Gasteiger partial charge in [0.25, 0.3) is 0 Å². The maximum atomic E-state index is 13.7. The molecular formula is C16H21F2NO. The second kappa shape index (κ2) is 6.44. The van der Waals surface area contributed by atoms with E-state index in [0.717, 1.165) is 18.7 Å². The van der Waals surface area contributed by atoms with Gasteiger partial charge in [-0.1, -0.05) is 12.8 Å². The van der Waals surface area contributed by atoms with Crippen molar-refractivity contribution in [2.75, 3.05) is 13.6 Å². The number of hydrogen-bond donors (Lipinski definition) is 0. The van der Waals surface area contributed by atoms with Gasteiger partial charge in [-0.15, -0.1) is 0 Å². The Balaban J connectivity index is 2.03. The third kappa shape index (κ3) is 3.42. The summed E-state index contributed by atoms with van der Waals surface area (Å²) in [6, 6.07) is 2.72. The van der Waals surface area contributed by atoms with Crippen LogP contribution < -0.4 is 0 Å². The van der Waals surface area contributed by atoms with Gasteiger partial charge in [0.15, 0.2) is 5.78 Å². The minimum absolute atomic E-state index is 0.0304. The van der Waals surface area contributed by atoms with Gasteiger partial charge in [-0.2, -0.15) is 0 Å². The number of carbonyl (C=O) groups is 1. The van der Waals surface area contributed by atoms with Crippen LogP contribution >= 0.6 is 0 Å². The van der Waals surface area contributed by atoms with Gasteiger partial charge in [0.05, 0.1) is 11.6 Å². The number of carbonyl (C=O) groups excluding carboxylic acids is 1. The third-order valence-electron chi connectivity index (χ3n) is 4.26. The highest BCUT2D eigenvalue weighted by Crippen LogP contribution is 2.26. The Morgan fingerprint density at radius 3 is 2.60 bits per heavy atom. The van der Waals surface area contributed by atoms with Crippen molar-refractivity contribution in [1.29, 1.82) is 0 Å². The number of likely N-dealkylation sites (N-methyl/N-ethyl adjacent to an activating group) is 1. The zero-order chi connectivity index (χ0) is 14.7. The fourth-order valence-electron chi connectivity index (χ4n) is 2.87. The Bertz CT molecular complexity index is 483. The molecule has 0 amide bonds. The van der Waals surface area contributed by atoms with Crippen molar-refractivity contribution in [3.05, 3.63) is 35.4 Å². The molecular weight excluding hydrogens is 260 g/mol. The first-order chi connectivity index (χ1) is 9.49. The molecule has 0 heterocycles. The minimum atomic E-state index is -0.781.